The molecule has 1 fully saturated rings. The first-order valence-electron chi connectivity index (χ1n) is 10.8. The molecular weight excluding hydrogens is 492 g/mol. The highest BCUT2D eigenvalue weighted by Crippen LogP contribution is 2.37. The number of amides is 1. The van der Waals surface area contributed by atoms with Crippen molar-refractivity contribution in [2.75, 3.05) is 18.5 Å². The molecule has 0 saturated carbocycles. The van der Waals surface area contributed by atoms with E-state index in [0.717, 1.165) is 34.4 Å². The molecule has 1 atom stereocenters. The lowest BCUT2D eigenvalue weighted by Crippen LogP contribution is -2.35. The van der Waals surface area contributed by atoms with Gasteiger partial charge in [-0.05, 0) is 78.1 Å². The second-order valence-corrected chi connectivity index (χ2v) is 9.21. The number of anilines is 1. The third-order valence-electron chi connectivity index (χ3n) is 5.61. The quantitative estimate of drug-likeness (QED) is 0.424. The third-order valence-corrected chi connectivity index (χ3v) is 6.43. The van der Waals surface area contributed by atoms with Crippen molar-refractivity contribution in [2.24, 2.45) is 7.05 Å². The number of hydrogen-bond donors (Lipinski definition) is 2. The third kappa shape index (κ3) is 5.52. The van der Waals surface area contributed by atoms with Crippen molar-refractivity contribution in [3.05, 3.63) is 63.7 Å². The van der Waals surface area contributed by atoms with E-state index in [1.165, 1.54) is 19.3 Å². The Hall–Kier alpha value is -2.35. The van der Waals surface area contributed by atoms with E-state index in [4.69, 9.17) is 16.3 Å². The highest BCUT2D eigenvalue weighted by Gasteiger charge is 2.18. The lowest BCUT2D eigenvalue weighted by molar-refractivity contribution is 0.102. The van der Waals surface area contributed by atoms with Crippen molar-refractivity contribution in [3.8, 4) is 17.0 Å². The van der Waals surface area contributed by atoms with Gasteiger partial charge >= 0.3 is 0 Å². The molecule has 1 aliphatic rings. The molecule has 1 unspecified atom stereocenters. The fraction of sp³-hybridized carbons (Fsp3) is 0.333. The van der Waals surface area contributed by atoms with Crippen LogP contribution in [0.4, 0.5) is 5.69 Å². The van der Waals surface area contributed by atoms with Crippen LogP contribution in [0.5, 0.6) is 5.75 Å². The SMILES string of the molecule is Cn1ncc(Br)c1-c1cc(NC(=O)c2cccc(Cl)c2)ccc1OCCC1CCCCN1. The van der Waals surface area contributed by atoms with Crippen LogP contribution in [0.15, 0.2) is 53.1 Å². The average Bonchev–Trinajstić information content (AvgIpc) is 3.13. The summed E-state index contributed by atoms with van der Waals surface area (Å²) in [5, 5.41) is 11.4. The van der Waals surface area contributed by atoms with Gasteiger partial charge < -0.3 is 15.4 Å². The number of aromatic nitrogens is 2. The van der Waals surface area contributed by atoms with Gasteiger partial charge in [0.2, 0.25) is 0 Å². The molecule has 0 radical (unpaired) electrons. The number of benzene rings is 2. The van der Waals surface area contributed by atoms with Gasteiger partial charge in [-0.2, -0.15) is 5.10 Å². The Morgan fingerprint density at radius 1 is 1.31 bits per heavy atom. The summed E-state index contributed by atoms with van der Waals surface area (Å²) in [5.41, 5.74) is 2.91. The van der Waals surface area contributed by atoms with Crippen LogP contribution in [0.2, 0.25) is 5.02 Å². The minimum Gasteiger partial charge on any atom is -0.493 e. The van der Waals surface area contributed by atoms with E-state index in [0.29, 0.717) is 28.9 Å². The highest BCUT2D eigenvalue weighted by atomic mass is 79.9. The Bertz CT molecular complexity index is 1080. The van der Waals surface area contributed by atoms with Gasteiger partial charge in [0.15, 0.2) is 0 Å². The summed E-state index contributed by atoms with van der Waals surface area (Å²) in [7, 11) is 1.88. The summed E-state index contributed by atoms with van der Waals surface area (Å²) in [6.07, 6.45) is 6.42. The molecular formula is C24H26BrClN4O2. The number of ether oxygens (including phenoxy) is 1. The van der Waals surface area contributed by atoms with Gasteiger partial charge in [-0.15, -0.1) is 0 Å². The van der Waals surface area contributed by atoms with Crippen molar-refractivity contribution in [1.29, 1.82) is 0 Å². The lowest BCUT2D eigenvalue weighted by Gasteiger charge is -2.23. The van der Waals surface area contributed by atoms with Crippen molar-refractivity contribution in [1.82, 2.24) is 15.1 Å². The van der Waals surface area contributed by atoms with Crippen LogP contribution >= 0.6 is 27.5 Å². The number of carbonyl (C=O) groups is 1. The Balaban J connectivity index is 1.55. The van der Waals surface area contributed by atoms with Gasteiger partial charge in [0, 0.05) is 34.9 Å². The van der Waals surface area contributed by atoms with E-state index in [9.17, 15) is 4.79 Å². The van der Waals surface area contributed by atoms with Crippen LogP contribution < -0.4 is 15.4 Å². The van der Waals surface area contributed by atoms with E-state index in [1.54, 1.807) is 35.1 Å². The molecule has 2 N–H and O–H groups in total. The molecule has 0 aliphatic carbocycles. The summed E-state index contributed by atoms with van der Waals surface area (Å²) in [5.74, 6) is 0.533. The highest BCUT2D eigenvalue weighted by molar-refractivity contribution is 9.10. The number of carbonyl (C=O) groups excluding carboxylic acids is 1. The van der Waals surface area contributed by atoms with Crippen molar-refractivity contribution < 1.29 is 9.53 Å². The molecule has 1 saturated heterocycles. The molecule has 3 aromatic rings. The van der Waals surface area contributed by atoms with E-state index in [-0.39, 0.29) is 5.91 Å². The number of nitrogens with one attached hydrogen (secondary N) is 2. The maximum absolute atomic E-state index is 12.7. The van der Waals surface area contributed by atoms with Gasteiger partial charge in [0.05, 0.1) is 23.0 Å². The average molecular weight is 518 g/mol. The van der Waals surface area contributed by atoms with Crippen LogP contribution in [0.3, 0.4) is 0 Å². The van der Waals surface area contributed by atoms with E-state index >= 15 is 0 Å². The van der Waals surface area contributed by atoms with E-state index in [2.05, 4.69) is 31.7 Å². The van der Waals surface area contributed by atoms with Crippen LogP contribution in [-0.2, 0) is 7.05 Å². The van der Waals surface area contributed by atoms with Crippen molar-refractivity contribution in [3.63, 3.8) is 0 Å². The zero-order valence-corrected chi connectivity index (χ0v) is 20.2. The Morgan fingerprint density at radius 2 is 2.19 bits per heavy atom. The van der Waals surface area contributed by atoms with Gasteiger partial charge in [-0.1, -0.05) is 24.1 Å². The topological polar surface area (TPSA) is 68.2 Å². The largest absolute Gasteiger partial charge is 0.493 e. The minimum atomic E-state index is -0.223. The molecule has 168 valence electrons. The summed E-state index contributed by atoms with van der Waals surface area (Å²) >= 11 is 9.62. The van der Waals surface area contributed by atoms with Gasteiger partial charge in [0.25, 0.3) is 5.91 Å². The molecule has 0 spiro atoms. The zero-order valence-electron chi connectivity index (χ0n) is 17.9. The number of aryl methyl sites for hydroxylation is 1. The summed E-state index contributed by atoms with van der Waals surface area (Å²) in [6, 6.07) is 13.0. The summed E-state index contributed by atoms with van der Waals surface area (Å²) < 4.78 is 8.85. The molecule has 2 aromatic carbocycles. The van der Waals surface area contributed by atoms with Crippen LogP contribution in [0.1, 0.15) is 36.0 Å². The normalized spacial score (nSPS) is 16.0. The molecule has 32 heavy (non-hydrogen) atoms. The number of halogens is 2. The Morgan fingerprint density at radius 3 is 2.91 bits per heavy atom. The van der Waals surface area contributed by atoms with E-state index < -0.39 is 0 Å². The lowest BCUT2D eigenvalue weighted by atomic mass is 10.0. The first-order chi connectivity index (χ1) is 15.5. The van der Waals surface area contributed by atoms with Gasteiger partial charge in [0.1, 0.15) is 5.75 Å². The van der Waals surface area contributed by atoms with Crippen molar-refractivity contribution in [2.45, 2.75) is 31.7 Å². The first-order valence-corrected chi connectivity index (χ1v) is 11.9. The maximum atomic E-state index is 12.7. The van der Waals surface area contributed by atoms with Crippen LogP contribution in [0, 0.1) is 0 Å². The molecule has 8 heteroatoms. The fourth-order valence-corrected chi connectivity index (χ4v) is 4.70. The first kappa shape index (κ1) is 22.8. The summed E-state index contributed by atoms with van der Waals surface area (Å²) in [6.45, 7) is 1.70. The molecule has 1 aliphatic heterocycles. The standard InChI is InChI=1S/C24H26BrClN4O2/c1-30-23(21(25)15-28-30)20-14-19(29-24(31)16-5-4-6-17(26)13-16)8-9-22(20)32-12-10-18-7-2-3-11-27-18/h4-6,8-9,13-15,18,27H,2-3,7,10-12H2,1H3,(H,29,31). The van der Waals surface area contributed by atoms with Crippen molar-refractivity contribution >= 4 is 39.1 Å². The number of piperidine rings is 1. The monoisotopic (exact) mass is 516 g/mol. The fourth-order valence-electron chi connectivity index (χ4n) is 3.95. The molecule has 6 nitrogen and oxygen atoms in total. The molecule has 1 amide bonds. The van der Waals surface area contributed by atoms with Gasteiger partial charge in [-0.25, -0.2) is 0 Å². The van der Waals surface area contributed by atoms with Crippen LogP contribution in [0.25, 0.3) is 11.3 Å². The second-order valence-electron chi connectivity index (χ2n) is 7.92. The molecule has 4 rings (SSSR count). The predicted octanol–water partition coefficient (Wildman–Crippen LogP) is 5.67. The summed E-state index contributed by atoms with van der Waals surface area (Å²) in [4.78, 5) is 12.7. The smallest absolute Gasteiger partial charge is 0.255 e. The number of nitrogens with zero attached hydrogens (tertiary/aromatic N) is 2. The molecule has 0 bridgehead atoms. The van der Waals surface area contributed by atoms with E-state index in [1.807, 2.05) is 25.2 Å². The predicted molar refractivity (Wildman–Crippen MR) is 132 cm³/mol. The van der Waals surface area contributed by atoms with Crippen LogP contribution in [-0.4, -0.2) is 34.9 Å². The van der Waals surface area contributed by atoms with Gasteiger partial charge in [-0.3, -0.25) is 9.48 Å². The minimum absolute atomic E-state index is 0.223. The zero-order chi connectivity index (χ0) is 22.5. The number of hydrogen-bond acceptors (Lipinski definition) is 4. The number of rotatable bonds is 7. The Labute approximate surface area is 201 Å². The Kier molecular flexibility index (Phi) is 7.50. The molecule has 2 heterocycles. The molecule has 1 aromatic heterocycles. The maximum Gasteiger partial charge on any atom is 0.255 e. The second kappa shape index (κ2) is 10.5.